The molecule has 27 heavy (non-hydrogen) atoms. The molecule has 0 atom stereocenters. The molecule has 2 aromatic carbocycles. The molecule has 0 N–H and O–H groups in total. The van der Waals surface area contributed by atoms with Gasteiger partial charge >= 0.3 is 6.18 Å². The Bertz CT molecular complexity index is 973. The number of ether oxygens (including phenoxy) is 1. The van der Waals surface area contributed by atoms with Gasteiger partial charge in [-0.15, -0.1) is 0 Å². The molecular weight excluding hydrogens is 355 g/mol. The van der Waals surface area contributed by atoms with Crippen molar-refractivity contribution in [3.8, 4) is 5.75 Å². The molecule has 0 unspecified atom stereocenters. The number of Topliss-reactive ketones (excluding diaryl/α,β-unsaturated/α-hetero) is 1. The van der Waals surface area contributed by atoms with E-state index < -0.39 is 12.0 Å². The van der Waals surface area contributed by atoms with Crippen LogP contribution in [-0.4, -0.2) is 23.1 Å². The molecule has 0 aliphatic heterocycles. The van der Waals surface area contributed by atoms with Gasteiger partial charge < -0.3 is 9.30 Å². The molecule has 0 bridgehead atoms. The molecule has 0 aliphatic carbocycles. The van der Waals surface area contributed by atoms with Crippen LogP contribution in [0.2, 0.25) is 0 Å². The lowest BCUT2D eigenvalue weighted by atomic mass is 10.0. The van der Waals surface area contributed by atoms with Crippen LogP contribution < -0.4 is 4.74 Å². The van der Waals surface area contributed by atoms with Crippen molar-refractivity contribution >= 4 is 16.7 Å². The summed E-state index contributed by atoms with van der Waals surface area (Å²) in [5.41, 5.74) is 2.21. The number of aromatic nitrogens is 1. The first-order chi connectivity index (χ1) is 12.8. The summed E-state index contributed by atoms with van der Waals surface area (Å²) in [5, 5.41) is 0.326. The number of hydrogen-bond donors (Lipinski definition) is 0. The molecule has 0 aliphatic rings. The van der Waals surface area contributed by atoms with Gasteiger partial charge in [0.2, 0.25) is 0 Å². The lowest BCUT2D eigenvalue weighted by Gasteiger charge is -2.11. The van der Waals surface area contributed by atoms with E-state index >= 15 is 0 Å². The van der Waals surface area contributed by atoms with Gasteiger partial charge in [-0.25, -0.2) is 0 Å². The van der Waals surface area contributed by atoms with Gasteiger partial charge in [0.1, 0.15) is 12.4 Å². The second-order valence-corrected chi connectivity index (χ2v) is 6.34. The number of carbonyl (C=O) groups is 1. The smallest absolute Gasteiger partial charge is 0.454 e. The number of rotatable bonds is 6. The summed E-state index contributed by atoms with van der Waals surface area (Å²) in [7, 11) is 0. The zero-order valence-corrected chi connectivity index (χ0v) is 15.1. The minimum absolute atomic E-state index is 0.284. The topological polar surface area (TPSA) is 31.2 Å². The maximum Gasteiger partial charge on any atom is 0.454 e. The number of ketones is 1. The third-order valence-corrected chi connectivity index (χ3v) is 4.55. The third kappa shape index (κ3) is 3.84. The molecule has 1 aromatic heterocycles. The molecule has 0 saturated heterocycles. The number of alkyl halides is 3. The predicted octanol–water partition coefficient (Wildman–Crippen LogP) is 5.34. The van der Waals surface area contributed by atoms with Crippen molar-refractivity contribution in [2.45, 2.75) is 33.0 Å². The van der Waals surface area contributed by atoms with Gasteiger partial charge in [-0.1, -0.05) is 43.3 Å². The summed E-state index contributed by atoms with van der Waals surface area (Å²) in [6.45, 7) is 4.48. The van der Waals surface area contributed by atoms with Crippen molar-refractivity contribution in [1.29, 1.82) is 0 Å². The molecular formula is C21H20F3NO2. The van der Waals surface area contributed by atoms with Crippen LogP contribution in [0.15, 0.2) is 48.7 Å². The zero-order valence-electron chi connectivity index (χ0n) is 15.1. The fourth-order valence-electron chi connectivity index (χ4n) is 3.21. The first-order valence-electron chi connectivity index (χ1n) is 8.73. The average Bonchev–Trinajstić information content (AvgIpc) is 3.00. The Morgan fingerprint density at radius 1 is 1.11 bits per heavy atom. The fraction of sp³-hybridized carbons (Fsp3) is 0.286. The van der Waals surface area contributed by atoms with Crippen LogP contribution in [0.1, 0.15) is 28.4 Å². The van der Waals surface area contributed by atoms with Crippen molar-refractivity contribution in [2.24, 2.45) is 0 Å². The minimum atomic E-state index is -4.90. The number of halogens is 3. The van der Waals surface area contributed by atoms with Gasteiger partial charge in [0, 0.05) is 11.6 Å². The van der Waals surface area contributed by atoms with E-state index in [2.05, 4.69) is 0 Å². The lowest BCUT2D eigenvalue weighted by molar-refractivity contribution is -0.0884. The maximum atomic E-state index is 13.0. The molecule has 0 radical (unpaired) electrons. The molecule has 3 rings (SSSR count). The van der Waals surface area contributed by atoms with E-state index in [9.17, 15) is 18.0 Å². The summed E-state index contributed by atoms with van der Waals surface area (Å²) in [6.07, 6.45) is -2.96. The molecule has 0 fully saturated rings. The number of benzene rings is 2. The molecule has 3 nitrogen and oxygen atoms in total. The number of fused-ring (bicyclic) bond motifs is 1. The largest absolute Gasteiger partial charge is 0.491 e. The van der Waals surface area contributed by atoms with Gasteiger partial charge in [0.05, 0.1) is 17.6 Å². The van der Waals surface area contributed by atoms with Crippen LogP contribution in [-0.2, 0) is 13.0 Å². The van der Waals surface area contributed by atoms with Gasteiger partial charge in [-0.3, -0.25) is 4.79 Å². The van der Waals surface area contributed by atoms with Gasteiger partial charge in [-0.05, 0) is 30.5 Å². The number of aryl methyl sites for hydroxylation is 2. The molecule has 0 saturated carbocycles. The van der Waals surface area contributed by atoms with Crippen LogP contribution in [0.3, 0.4) is 0 Å². The van der Waals surface area contributed by atoms with Gasteiger partial charge in [0.25, 0.3) is 5.78 Å². The predicted molar refractivity (Wildman–Crippen MR) is 98.4 cm³/mol. The Balaban J connectivity index is 1.94. The highest BCUT2D eigenvalue weighted by molar-refractivity contribution is 6.11. The highest BCUT2D eigenvalue weighted by Gasteiger charge is 2.41. The monoisotopic (exact) mass is 375 g/mol. The van der Waals surface area contributed by atoms with Crippen molar-refractivity contribution in [3.05, 3.63) is 65.4 Å². The van der Waals surface area contributed by atoms with Gasteiger partial charge in [0.15, 0.2) is 0 Å². The number of para-hydroxylation sites is 2. The molecule has 142 valence electrons. The molecule has 0 spiro atoms. The van der Waals surface area contributed by atoms with Crippen LogP contribution in [0, 0.1) is 6.92 Å². The Morgan fingerprint density at radius 2 is 1.85 bits per heavy atom. The first-order valence-corrected chi connectivity index (χ1v) is 8.73. The Hall–Kier alpha value is -2.76. The number of hydrogen-bond acceptors (Lipinski definition) is 2. The highest BCUT2D eigenvalue weighted by Crippen LogP contribution is 2.30. The third-order valence-electron chi connectivity index (χ3n) is 4.55. The van der Waals surface area contributed by atoms with E-state index in [-0.39, 0.29) is 12.2 Å². The van der Waals surface area contributed by atoms with Crippen LogP contribution >= 0.6 is 0 Å². The fourth-order valence-corrected chi connectivity index (χ4v) is 3.21. The Labute approximate surface area is 155 Å². The van der Waals surface area contributed by atoms with Crippen LogP contribution in [0.5, 0.6) is 5.75 Å². The van der Waals surface area contributed by atoms with Crippen molar-refractivity contribution in [2.75, 3.05) is 6.61 Å². The van der Waals surface area contributed by atoms with Crippen molar-refractivity contribution < 1.29 is 22.7 Å². The SMILES string of the molecule is CCc1cccc2c(C(=O)C(F)(F)F)cn(CCOc3ccccc3C)c12. The minimum Gasteiger partial charge on any atom is -0.491 e. The number of carbonyl (C=O) groups excluding carboxylic acids is 1. The zero-order chi connectivity index (χ0) is 19.6. The summed E-state index contributed by atoms with van der Waals surface area (Å²) in [6, 6.07) is 12.7. The second kappa shape index (κ2) is 7.47. The maximum absolute atomic E-state index is 13.0. The summed E-state index contributed by atoms with van der Waals surface area (Å²) in [5.74, 6) is -1.09. The van der Waals surface area contributed by atoms with E-state index in [0.29, 0.717) is 23.9 Å². The molecule has 0 amide bonds. The van der Waals surface area contributed by atoms with E-state index in [1.54, 1.807) is 16.7 Å². The van der Waals surface area contributed by atoms with Crippen LogP contribution in [0.25, 0.3) is 10.9 Å². The highest BCUT2D eigenvalue weighted by atomic mass is 19.4. The first kappa shape index (κ1) is 19.0. The summed E-state index contributed by atoms with van der Waals surface area (Å²) in [4.78, 5) is 11.9. The average molecular weight is 375 g/mol. The summed E-state index contributed by atoms with van der Waals surface area (Å²) >= 11 is 0. The van der Waals surface area contributed by atoms with E-state index in [1.807, 2.05) is 44.2 Å². The van der Waals surface area contributed by atoms with E-state index in [1.165, 1.54) is 6.20 Å². The second-order valence-electron chi connectivity index (χ2n) is 6.34. The summed E-state index contributed by atoms with van der Waals surface area (Å²) < 4.78 is 46.4. The lowest BCUT2D eigenvalue weighted by Crippen LogP contribution is -2.22. The molecule has 3 aromatic rings. The van der Waals surface area contributed by atoms with E-state index in [4.69, 9.17) is 4.74 Å². The van der Waals surface area contributed by atoms with E-state index in [0.717, 1.165) is 16.9 Å². The molecule has 6 heteroatoms. The normalized spacial score (nSPS) is 11.7. The van der Waals surface area contributed by atoms with Gasteiger partial charge in [-0.2, -0.15) is 13.2 Å². The number of nitrogens with zero attached hydrogens (tertiary/aromatic N) is 1. The van der Waals surface area contributed by atoms with Crippen LogP contribution in [0.4, 0.5) is 13.2 Å². The van der Waals surface area contributed by atoms with Crippen molar-refractivity contribution in [3.63, 3.8) is 0 Å². The Morgan fingerprint density at radius 3 is 2.52 bits per heavy atom. The molecule has 1 heterocycles. The standard InChI is InChI=1S/C21H20F3NO2/c1-3-15-8-6-9-16-17(20(26)21(22,23)24)13-25(19(15)16)11-12-27-18-10-5-4-7-14(18)2/h4-10,13H,3,11-12H2,1-2H3. The van der Waals surface area contributed by atoms with Crippen molar-refractivity contribution in [1.82, 2.24) is 4.57 Å². The quantitative estimate of drug-likeness (QED) is 0.545. The Kier molecular flexibility index (Phi) is 5.26.